The van der Waals surface area contributed by atoms with Gasteiger partial charge in [-0.25, -0.2) is 0 Å². The van der Waals surface area contributed by atoms with Crippen LogP contribution in [-0.4, -0.2) is 11.7 Å². The SMILES string of the molecule is OCCC1(c2ccc(Br)s2)CCC1. The summed E-state index contributed by atoms with van der Waals surface area (Å²) in [5.74, 6) is 0. The molecular formula is C10H13BrOS. The Labute approximate surface area is 90.9 Å². The molecule has 1 aromatic rings. The van der Waals surface area contributed by atoms with E-state index < -0.39 is 0 Å². The van der Waals surface area contributed by atoms with Crippen LogP contribution >= 0.6 is 27.3 Å². The van der Waals surface area contributed by atoms with E-state index in [1.54, 1.807) is 0 Å². The van der Waals surface area contributed by atoms with Gasteiger partial charge in [-0.05, 0) is 47.3 Å². The Balaban J connectivity index is 2.21. The predicted octanol–water partition coefficient (Wildman–Crippen LogP) is 3.31. The van der Waals surface area contributed by atoms with Crippen molar-refractivity contribution >= 4 is 27.3 Å². The van der Waals surface area contributed by atoms with E-state index in [1.807, 2.05) is 11.3 Å². The van der Waals surface area contributed by atoms with E-state index in [4.69, 9.17) is 5.11 Å². The van der Waals surface area contributed by atoms with E-state index in [-0.39, 0.29) is 0 Å². The zero-order valence-electron chi connectivity index (χ0n) is 7.42. The third-order valence-corrected chi connectivity index (χ3v) is 4.87. The Morgan fingerprint density at radius 3 is 2.62 bits per heavy atom. The van der Waals surface area contributed by atoms with Gasteiger partial charge in [0.25, 0.3) is 0 Å². The molecule has 72 valence electrons. The van der Waals surface area contributed by atoms with Gasteiger partial charge in [0, 0.05) is 16.9 Å². The smallest absolute Gasteiger partial charge is 0.0701 e. The first-order chi connectivity index (χ1) is 6.27. The average Bonchev–Trinajstić information content (AvgIpc) is 2.44. The molecule has 1 heterocycles. The molecule has 0 aliphatic heterocycles. The molecule has 0 spiro atoms. The van der Waals surface area contributed by atoms with E-state index in [9.17, 15) is 0 Å². The minimum absolute atomic E-state index is 0.315. The number of aliphatic hydroxyl groups excluding tert-OH is 1. The monoisotopic (exact) mass is 260 g/mol. The van der Waals surface area contributed by atoms with Gasteiger partial charge in [0.15, 0.2) is 0 Å². The first-order valence-corrected chi connectivity index (χ1v) is 6.24. The summed E-state index contributed by atoms with van der Waals surface area (Å²) < 4.78 is 1.20. The number of aliphatic hydroxyl groups is 1. The molecule has 0 amide bonds. The molecule has 1 saturated carbocycles. The second-order valence-corrected chi connectivity index (χ2v) is 6.17. The van der Waals surface area contributed by atoms with Crippen molar-refractivity contribution in [2.75, 3.05) is 6.61 Å². The molecule has 13 heavy (non-hydrogen) atoms. The molecule has 0 unspecified atom stereocenters. The van der Waals surface area contributed by atoms with Crippen LogP contribution in [0.15, 0.2) is 15.9 Å². The molecule has 1 N–H and O–H groups in total. The lowest BCUT2D eigenvalue weighted by atomic mass is 9.66. The fourth-order valence-corrected chi connectivity index (χ4v) is 3.70. The Kier molecular flexibility index (Phi) is 2.77. The van der Waals surface area contributed by atoms with Crippen LogP contribution in [0, 0.1) is 0 Å². The van der Waals surface area contributed by atoms with Crippen LogP contribution in [0.4, 0.5) is 0 Å². The quantitative estimate of drug-likeness (QED) is 0.885. The fourth-order valence-electron chi connectivity index (χ4n) is 2.04. The summed E-state index contributed by atoms with van der Waals surface area (Å²) in [6.07, 6.45) is 4.75. The zero-order chi connectivity index (χ0) is 9.31. The molecule has 1 aliphatic carbocycles. The number of rotatable bonds is 3. The summed E-state index contributed by atoms with van der Waals surface area (Å²) in [7, 11) is 0. The van der Waals surface area contributed by atoms with Gasteiger partial charge in [0.05, 0.1) is 3.79 Å². The van der Waals surface area contributed by atoms with Crippen LogP contribution < -0.4 is 0 Å². The zero-order valence-corrected chi connectivity index (χ0v) is 9.83. The molecule has 0 atom stereocenters. The van der Waals surface area contributed by atoms with Gasteiger partial charge in [0.1, 0.15) is 0 Å². The van der Waals surface area contributed by atoms with Crippen molar-refractivity contribution in [3.05, 3.63) is 20.8 Å². The van der Waals surface area contributed by atoms with E-state index in [0.717, 1.165) is 6.42 Å². The molecule has 3 heteroatoms. The second kappa shape index (κ2) is 3.71. The van der Waals surface area contributed by atoms with Gasteiger partial charge in [-0.2, -0.15) is 0 Å². The lowest BCUT2D eigenvalue weighted by molar-refractivity contribution is 0.170. The Hall–Kier alpha value is 0.140. The third kappa shape index (κ3) is 1.69. The maximum absolute atomic E-state index is 9.03. The largest absolute Gasteiger partial charge is 0.396 e. The van der Waals surface area contributed by atoms with Crippen LogP contribution in [0.1, 0.15) is 30.6 Å². The normalized spacial score (nSPS) is 19.8. The molecule has 1 fully saturated rings. The lowest BCUT2D eigenvalue weighted by Crippen LogP contribution is -2.34. The number of thiophene rings is 1. The number of halogens is 1. The third-order valence-electron chi connectivity index (χ3n) is 3.00. The fraction of sp³-hybridized carbons (Fsp3) is 0.600. The lowest BCUT2D eigenvalue weighted by Gasteiger charge is -2.41. The summed E-state index contributed by atoms with van der Waals surface area (Å²) in [4.78, 5) is 1.44. The average molecular weight is 261 g/mol. The van der Waals surface area contributed by atoms with Crippen molar-refractivity contribution in [3.63, 3.8) is 0 Å². The number of hydrogen-bond acceptors (Lipinski definition) is 2. The van der Waals surface area contributed by atoms with Crippen molar-refractivity contribution in [1.82, 2.24) is 0 Å². The van der Waals surface area contributed by atoms with Crippen LogP contribution in [0.5, 0.6) is 0 Å². The maximum Gasteiger partial charge on any atom is 0.0701 e. The van der Waals surface area contributed by atoms with Crippen molar-refractivity contribution in [2.24, 2.45) is 0 Å². The van der Waals surface area contributed by atoms with Crippen LogP contribution in [0.25, 0.3) is 0 Å². The predicted molar refractivity (Wildman–Crippen MR) is 59.3 cm³/mol. The van der Waals surface area contributed by atoms with Crippen molar-refractivity contribution in [2.45, 2.75) is 31.1 Å². The van der Waals surface area contributed by atoms with Gasteiger partial charge in [0.2, 0.25) is 0 Å². The molecule has 1 aliphatic rings. The molecule has 2 rings (SSSR count). The molecule has 0 radical (unpaired) electrons. The summed E-state index contributed by atoms with van der Waals surface area (Å²) in [5.41, 5.74) is 0.325. The molecule has 1 aromatic heterocycles. The summed E-state index contributed by atoms with van der Waals surface area (Å²) in [6, 6.07) is 4.31. The number of hydrogen-bond donors (Lipinski definition) is 1. The summed E-state index contributed by atoms with van der Waals surface area (Å²) in [5, 5.41) is 9.03. The minimum Gasteiger partial charge on any atom is -0.396 e. The summed E-state index contributed by atoms with van der Waals surface area (Å²) in [6.45, 7) is 0.315. The molecular weight excluding hydrogens is 248 g/mol. The van der Waals surface area contributed by atoms with E-state index in [2.05, 4.69) is 28.1 Å². The highest BCUT2D eigenvalue weighted by Gasteiger charge is 2.38. The Bertz CT molecular complexity index is 291. The first-order valence-electron chi connectivity index (χ1n) is 4.63. The molecule has 1 nitrogen and oxygen atoms in total. The highest BCUT2D eigenvalue weighted by molar-refractivity contribution is 9.11. The van der Waals surface area contributed by atoms with Crippen LogP contribution in [0.2, 0.25) is 0 Å². The maximum atomic E-state index is 9.03. The minimum atomic E-state index is 0.315. The standard InChI is InChI=1S/C10H13BrOS/c11-9-3-2-8(13-9)10(6-7-12)4-1-5-10/h2-3,12H,1,4-7H2. The van der Waals surface area contributed by atoms with Gasteiger partial charge >= 0.3 is 0 Å². The van der Waals surface area contributed by atoms with Crippen molar-refractivity contribution in [1.29, 1.82) is 0 Å². The first kappa shape index (κ1) is 9.69. The Morgan fingerprint density at radius 1 is 1.46 bits per heavy atom. The molecule has 0 saturated heterocycles. The van der Waals surface area contributed by atoms with Gasteiger partial charge in [-0.3, -0.25) is 0 Å². The van der Waals surface area contributed by atoms with E-state index in [1.165, 1.54) is 27.9 Å². The molecule has 0 bridgehead atoms. The second-order valence-electron chi connectivity index (χ2n) is 3.71. The van der Waals surface area contributed by atoms with Gasteiger partial charge < -0.3 is 5.11 Å². The molecule has 0 aromatic carbocycles. The van der Waals surface area contributed by atoms with Gasteiger partial charge in [-0.15, -0.1) is 11.3 Å². The van der Waals surface area contributed by atoms with Crippen molar-refractivity contribution < 1.29 is 5.11 Å². The van der Waals surface area contributed by atoms with E-state index in [0.29, 0.717) is 12.0 Å². The Morgan fingerprint density at radius 2 is 2.23 bits per heavy atom. The summed E-state index contributed by atoms with van der Waals surface area (Å²) >= 11 is 5.30. The highest BCUT2D eigenvalue weighted by Crippen LogP contribution is 2.49. The van der Waals surface area contributed by atoms with Crippen LogP contribution in [-0.2, 0) is 5.41 Å². The highest BCUT2D eigenvalue weighted by atomic mass is 79.9. The van der Waals surface area contributed by atoms with Crippen molar-refractivity contribution in [3.8, 4) is 0 Å². The van der Waals surface area contributed by atoms with Crippen LogP contribution in [0.3, 0.4) is 0 Å². The van der Waals surface area contributed by atoms with Gasteiger partial charge in [-0.1, -0.05) is 6.42 Å². The topological polar surface area (TPSA) is 20.2 Å². The van der Waals surface area contributed by atoms with E-state index >= 15 is 0 Å².